The minimum atomic E-state index is -1.89. The Bertz CT molecular complexity index is 521. The lowest BCUT2D eigenvalue weighted by molar-refractivity contribution is 0.249. The molecule has 4 nitrogen and oxygen atoms in total. The Morgan fingerprint density at radius 1 is 1.33 bits per heavy atom. The van der Waals surface area contributed by atoms with Crippen molar-refractivity contribution in [3.63, 3.8) is 0 Å². The number of rotatable bonds is 3. The number of anilines is 1. The van der Waals surface area contributed by atoms with E-state index < -0.39 is 8.07 Å². The van der Waals surface area contributed by atoms with E-state index in [4.69, 9.17) is 0 Å². The van der Waals surface area contributed by atoms with Gasteiger partial charge >= 0.3 is 6.03 Å². The summed E-state index contributed by atoms with van der Waals surface area (Å²) in [6.45, 7) is 11.3. The van der Waals surface area contributed by atoms with Crippen molar-refractivity contribution in [1.29, 1.82) is 0 Å². The van der Waals surface area contributed by atoms with Crippen molar-refractivity contribution in [2.75, 3.05) is 19.0 Å². The number of hydrogen-bond acceptors (Lipinski definition) is 2. The topological polar surface area (TPSA) is 52.6 Å². The second-order valence-corrected chi connectivity index (χ2v) is 12.2. The fourth-order valence-electron chi connectivity index (χ4n) is 2.37. The number of amides is 2. The van der Waals surface area contributed by atoms with Gasteiger partial charge in [-0.05, 0) is 21.9 Å². The minimum Gasteiger partial charge on any atom is -0.392 e. The zero-order chi connectivity index (χ0) is 16.4. The Morgan fingerprint density at radius 2 is 1.90 bits per heavy atom. The van der Waals surface area contributed by atoms with Crippen LogP contribution in [0.5, 0.6) is 0 Å². The summed E-state index contributed by atoms with van der Waals surface area (Å²) in [4.78, 5) is 13.6. The maximum Gasteiger partial charge on any atom is 0.321 e. The van der Waals surface area contributed by atoms with Gasteiger partial charge in [-0.1, -0.05) is 46.0 Å². The quantitative estimate of drug-likeness (QED) is 0.844. The van der Waals surface area contributed by atoms with Crippen LogP contribution in [0.3, 0.4) is 0 Å². The Hall–Kier alpha value is -1.33. The standard InChI is InChI=1S/C16H28N2O2Si/c1-16(2,3)21(6,7)14-12(11-19)9-8-10-13(14)18(5)15(20)17-4/h8-10,19H,11H2,1-7H3,(H,17,20). The molecule has 21 heavy (non-hydrogen) atoms. The molecule has 0 heterocycles. The van der Waals surface area contributed by atoms with Crippen LogP contribution < -0.4 is 15.4 Å². The summed E-state index contributed by atoms with van der Waals surface area (Å²) in [6.07, 6.45) is 0. The third kappa shape index (κ3) is 3.30. The van der Waals surface area contributed by atoms with Crippen molar-refractivity contribution in [3.05, 3.63) is 23.8 Å². The van der Waals surface area contributed by atoms with E-state index in [2.05, 4.69) is 39.2 Å². The summed E-state index contributed by atoms with van der Waals surface area (Å²) < 4.78 is 0. The molecule has 0 aliphatic carbocycles. The average molecular weight is 308 g/mol. The molecule has 1 aromatic carbocycles. The fraction of sp³-hybridized carbons (Fsp3) is 0.562. The fourth-order valence-corrected chi connectivity index (χ4v) is 4.98. The van der Waals surface area contributed by atoms with Crippen molar-refractivity contribution in [3.8, 4) is 0 Å². The number of aliphatic hydroxyl groups is 1. The number of carbonyl (C=O) groups is 1. The van der Waals surface area contributed by atoms with Gasteiger partial charge in [-0.2, -0.15) is 0 Å². The molecule has 0 atom stereocenters. The van der Waals surface area contributed by atoms with Crippen LogP contribution in [-0.2, 0) is 6.61 Å². The van der Waals surface area contributed by atoms with Crippen LogP contribution in [0.2, 0.25) is 18.1 Å². The highest BCUT2D eigenvalue weighted by Gasteiger charge is 2.40. The average Bonchev–Trinajstić information content (AvgIpc) is 2.43. The van der Waals surface area contributed by atoms with E-state index in [1.54, 1.807) is 19.0 Å². The Kier molecular flexibility index (Phi) is 5.23. The van der Waals surface area contributed by atoms with Crippen LogP contribution in [0, 0.1) is 0 Å². The van der Waals surface area contributed by atoms with Gasteiger partial charge in [0.15, 0.2) is 0 Å². The lowest BCUT2D eigenvalue weighted by atomic mass is 10.2. The molecular weight excluding hydrogens is 280 g/mol. The normalized spacial score (nSPS) is 12.2. The number of urea groups is 1. The summed E-state index contributed by atoms with van der Waals surface area (Å²) in [5.41, 5.74) is 1.82. The van der Waals surface area contributed by atoms with E-state index >= 15 is 0 Å². The molecule has 0 saturated heterocycles. The first-order valence-corrected chi connectivity index (χ1v) is 10.3. The van der Waals surface area contributed by atoms with Gasteiger partial charge in [-0.3, -0.25) is 4.90 Å². The largest absolute Gasteiger partial charge is 0.392 e. The van der Waals surface area contributed by atoms with E-state index in [1.165, 1.54) is 0 Å². The second-order valence-electron chi connectivity index (χ2n) is 6.96. The van der Waals surface area contributed by atoms with Crippen molar-refractivity contribution >= 4 is 25.0 Å². The third-order valence-corrected chi connectivity index (χ3v) is 10.3. The molecule has 1 rings (SSSR count). The number of hydrogen-bond donors (Lipinski definition) is 2. The lowest BCUT2D eigenvalue weighted by Crippen LogP contribution is -2.53. The van der Waals surface area contributed by atoms with Gasteiger partial charge in [0, 0.05) is 19.8 Å². The highest BCUT2D eigenvalue weighted by atomic mass is 28.3. The van der Waals surface area contributed by atoms with Gasteiger partial charge in [0.1, 0.15) is 0 Å². The summed E-state index contributed by atoms with van der Waals surface area (Å²) in [5.74, 6) is 0. The van der Waals surface area contributed by atoms with Crippen LogP contribution in [0.25, 0.3) is 0 Å². The predicted octanol–water partition coefficient (Wildman–Crippen LogP) is 2.67. The lowest BCUT2D eigenvalue weighted by Gasteiger charge is -2.40. The maximum atomic E-state index is 12.0. The van der Waals surface area contributed by atoms with E-state index in [-0.39, 0.29) is 17.7 Å². The second kappa shape index (κ2) is 6.20. The monoisotopic (exact) mass is 308 g/mol. The SMILES string of the molecule is CNC(=O)N(C)c1cccc(CO)c1[Si](C)(C)C(C)(C)C. The molecule has 0 spiro atoms. The van der Waals surface area contributed by atoms with Crippen LogP contribution >= 0.6 is 0 Å². The molecular formula is C16H28N2O2Si. The maximum absolute atomic E-state index is 12.0. The number of aliphatic hydroxyl groups excluding tert-OH is 1. The number of nitrogens with zero attached hydrogens (tertiary/aromatic N) is 1. The summed E-state index contributed by atoms with van der Waals surface area (Å²) in [6, 6.07) is 5.67. The van der Waals surface area contributed by atoms with Gasteiger partial charge < -0.3 is 10.4 Å². The highest BCUT2D eigenvalue weighted by Crippen LogP contribution is 2.38. The number of benzene rings is 1. The van der Waals surface area contributed by atoms with Gasteiger partial charge in [0.25, 0.3) is 0 Å². The van der Waals surface area contributed by atoms with E-state index in [9.17, 15) is 9.90 Å². The van der Waals surface area contributed by atoms with Crippen molar-refractivity contribution in [2.24, 2.45) is 0 Å². The first-order chi connectivity index (χ1) is 9.57. The Balaban J connectivity index is 3.58. The van der Waals surface area contributed by atoms with Crippen LogP contribution in [-0.4, -0.2) is 33.3 Å². The Morgan fingerprint density at radius 3 is 2.33 bits per heavy atom. The molecule has 5 heteroatoms. The number of carbonyl (C=O) groups excluding carboxylic acids is 1. The van der Waals surface area contributed by atoms with Crippen molar-refractivity contribution in [2.45, 2.75) is 45.5 Å². The molecule has 0 unspecified atom stereocenters. The van der Waals surface area contributed by atoms with Crippen LogP contribution in [0.1, 0.15) is 26.3 Å². The van der Waals surface area contributed by atoms with Crippen LogP contribution in [0.15, 0.2) is 18.2 Å². The first kappa shape index (κ1) is 17.7. The van der Waals surface area contributed by atoms with Gasteiger partial charge in [-0.15, -0.1) is 0 Å². The molecule has 0 aliphatic heterocycles. The summed E-state index contributed by atoms with van der Waals surface area (Å²) in [7, 11) is 1.50. The third-order valence-electron chi connectivity index (χ3n) is 4.68. The van der Waals surface area contributed by atoms with Gasteiger partial charge in [-0.25, -0.2) is 4.79 Å². The smallest absolute Gasteiger partial charge is 0.321 e. The van der Waals surface area contributed by atoms with Crippen molar-refractivity contribution < 1.29 is 9.90 Å². The molecule has 2 amide bonds. The zero-order valence-electron chi connectivity index (χ0n) is 14.2. The summed E-state index contributed by atoms with van der Waals surface area (Å²) in [5, 5.41) is 13.7. The molecule has 0 bridgehead atoms. The van der Waals surface area contributed by atoms with E-state index in [0.29, 0.717) is 0 Å². The number of nitrogens with one attached hydrogen (secondary N) is 1. The van der Waals surface area contributed by atoms with Crippen molar-refractivity contribution in [1.82, 2.24) is 5.32 Å². The van der Waals surface area contributed by atoms with E-state index in [0.717, 1.165) is 16.4 Å². The van der Waals surface area contributed by atoms with Gasteiger partial charge in [0.05, 0.1) is 14.7 Å². The molecule has 2 N–H and O–H groups in total. The van der Waals surface area contributed by atoms with Crippen LogP contribution in [0.4, 0.5) is 10.5 Å². The zero-order valence-corrected chi connectivity index (χ0v) is 15.2. The molecule has 0 fully saturated rings. The molecule has 0 radical (unpaired) electrons. The molecule has 0 saturated carbocycles. The predicted molar refractivity (Wildman–Crippen MR) is 92.1 cm³/mol. The molecule has 118 valence electrons. The first-order valence-electron chi connectivity index (χ1n) is 7.26. The Labute approximate surface area is 129 Å². The molecule has 1 aromatic rings. The summed E-state index contributed by atoms with van der Waals surface area (Å²) >= 11 is 0. The highest BCUT2D eigenvalue weighted by molar-refractivity contribution is 6.93. The molecule has 0 aromatic heterocycles. The molecule has 0 aliphatic rings. The van der Waals surface area contributed by atoms with Gasteiger partial charge in [0.2, 0.25) is 0 Å². The minimum absolute atomic E-state index is 0.00271. The van der Waals surface area contributed by atoms with E-state index in [1.807, 2.05) is 18.2 Å².